The molecule has 0 bridgehead atoms. The fraction of sp³-hybridized carbons (Fsp3) is 0.700. The number of carbonyl (C=O) groups is 3. The van der Waals surface area contributed by atoms with E-state index in [4.69, 9.17) is 0 Å². The first kappa shape index (κ1) is 13.8. The summed E-state index contributed by atoms with van der Waals surface area (Å²) >= 11 is 1.48. The fourth-order valence-electron chi connectivity index (χ4n) is 1.39. The summed E-state index contributed by atoms with van der Waals surface area (Å²) in [4.78, 5) is 35.7. The van der Waals surface area contributed by atoms with Crippen molar-refractivity contribution in [2.24, 2.45) is 0 Å². The van der Waals surface area contributed by atoms with Crippen LogP contribution in [0, 0.1) is 0 Å². The summed E-state index contributed by atoms with van der Waals surface area (Å²) in [5, 5.41) is 5.17. The molecular weight excluding hydrogens is 242 g/mol. The molecule has 0 aliphatic carbocycles. The van der Waals surface area contributed by atoms with Crippen molar-refractivity contribution < 1.29 is 14.4 Å². The summed E-state index contributed by atoms with van der Waals surface area (Å²) in [6.45, 7) is 3.98. The number of rotatable bonds is 5. The number of likely N-dealkylation sites (N-methyl/N-ethyl adjacent to an activating group) is 1. The van der Waals surface area contributed by atoms with Gasteiger partial charge in [0.15, 0.2) is 0 Å². The second-order valence-corrected chi connectivity index (χ2v) is 4.71. The lowest BCUT2D eigenvalue weighted by Crippen LogP contribution is -2.48. The van der Waals surface area contributed by atoms with Gasteiger partial charge in [0.1, 0.15) is 12.6 Å². The third kappa shape index (κ3) is 4.26. The Morgan fingerprint density at radius 2 is 2.24 bits per heavy atom. The zero-order chi connectivity index (χ0) is 12.8. The molecule has 1 rings (SSSR count). The maximum absolute atomic E-state index is 11.6. The van der Waals surface area contributed by atoms with Crippen LogP contribution in [-0.2, 0) is 14.4 Å². The molecule has 0 saturated carbocycles. The molecule has 1 atom stereocenters. The van der Waals surface area contributed by atoms with Gasteiger partial charge in [-0.2, -0.15) is 0 Å². The van der Waals surface area contributed by atoms with Gasteiger partial charge in [-0.05, 0) is 13.8 Å². The minimum atomic E-state index is -0.576. The molecule has 0 spiro atoms. The highest BCUT2D eigenvalue weighted by atomic mass is 32.2. The molecule has 96 valence electrons. The lowest BCUT2D eigenvalue weighted by molar-refractivity contribution is -0.133. The largest absolute Gasteiger partial charge is 0.355 e. The Morgan fingerprint density at radius 3 is 2.76 bits per heavy atom. The zero-order valence-electron chi connectivity index (χ0n) is 9.99. The van der Waals surface area contributed by atoms with Crippen LogP contribution in [0.4, 0.5) is 0 Å². The van der Waals surface area contributed by atoms with E-state index in [2.05, 4.69) is 10.6 Å². The van der Waals surface area contributed by atoms with Crippen LogP contribution in [-0.4, -0.2) is 53.4 Å². The molecule has 1 saturated heterocycles. The van der Waals surface area contributed by atoms with Crippen molar-refractivity contribution in [3.05, 3.63) is 0 Å². The van der Waals surface area contributed by atoms with Crippen LogP contribution < -0.4 is 10.6 Å². The van der Waals surface area contributed by atoms with Crippen LogP contribution in [0.15, 0.2) is 0 Å². The molecule has 1 fully saturated rings. The predicted octanol–water partition coefficient (Wildman–Crippen LogP) is -0.840. The van der Waals surface area contributed by atoms with Gasteiger partial charge in [-0.25, -0.2) is 0 Å². The number of nitrogens with zero attached hydrogens (tertiary/aromatic N) is 1. The zero-order valence-corrected chi connectivity index (χ0v) is 10.8. The minimum Gasteiger partial charge on any atom is -0.355 e. The normalized spacial score (nSPS) is 16.8. The van der Waals surface area contributed by atoms with Crippen molar-refractivity contribution in [2.75, 3.05) is 24.7 Å². The lowest BCUT2D eigenvalue weighted by Gasteiger charge is -2.17. The Balaban J connectivity index is 2.33. The third-order valence-electron chi connectivity index (χ3n) is 2.28. The minimum absolute atomic E-state index is 0.0234. The van der Waals surface area contributed by atoms with Gasteiger partial charge in [0.25, 0.3) is 0 Å². The Labute approximate surface area is 104 Å². The molecular formula is C10H17N3O3S. The van der Waals surface area contributed by atoms with Crippen LogP contribution in [0.1, 0.15) is 13.8 Å². The Kier molecular flexibility index (Phi) is 5.27. The Morgan fingerprint density at radius 1 is 1.53 bits per heavy atom. The van der Waals surface area contributed by atoms with Crippen molar-refractivity contribution in [3.63, 3.8) is 0 Å². The van der Waals surface area contributed by atoms with E-state index in [1.807, 2.05) is 6.92 Å². The SMILES string of the molecule is CCNC(=O)C(C)NC(=O)CN1CSCC1=O. The summed E-state index contributed by atoms with van der Waals surface area (Å²) in [5.41, 5.74) is 0. The second-order valence-electron chi connectivity index (χ2n) is 3.75. The van der Waals surface area contributed by atoms with Gasteiger partial charge in [0, 0.05) is 6.54 Å². The molecule has 1 aliphatic rings. The monoisotopic (exact) mass is 259 g/mol. The van der Waals surface area contributed by atoms with Gasteiger partial charge in [0.2, 0.25) is 17.7 Å². The van der Waals surface area contributed by atoms with Crippen molar-refractivity contribution in [1.82, 2.24) is 15.5 Å². The van der Waals surface area contributed by atoms with Crippen molar-refractivity contribution in [1.29, 1.82) is 0 Å². The van der Waals surface area contributed by atoms with Gasteiger partial charge < -0.3 is 15.5 Å². The van der Waals surface area contributed by atoms with E-state index < -0.39 is 6.04 Å². The third-order valence-corrected chi connectivity index (χ3v) is 3.23. The number of amides is 3. The van der Waals surface area contributed by atoms with Crippen LogP contribution in [0.5, 0.6) is 0 Å². The van der Waals surface area contributed by atoms with E-state index in [9.17, 15) is 14.4 Å². The van der Waals surface area contributed by atoms with Gasteiger partial charge in [-0.15, -0.1) is 11.8 Å². The van der Waals surface area contributed by atoms with E-state index >= 15 is 0 Å². The smallest absolute Gasteiger partial charge is 0.242 e. The van der Waals surface area contributed by atoms with Crippen LogP contribution in [0.3, 0.4) is 0 Å². The maximum Gasteiger partial charge on any atom is 0.242 e. The first-order valence-corrected chi connectivity index (χ1v) is 6.62. The van der Waals surface area contributed by atoms with Crippen LogP contribution in [0.2, 0.25) is 0 Å². The Hall–Kier alpha value is -1.24. The van der Waals surface area contributed by atoms with E-state index in [1.165, 1.54) is 16.7 Å². The summed E-state index contributed by atoms with van der Waals surface area (Å²) in [5.74, 6) is 0.416. The molecule has 1 aliphatic heterocycles. The van der Waals surface area contributed by atoms with Gasteiger partial charge in [0.05, 0.1) is 11.6 Å². The van der Waals surface area contributed by atoms with Gasteiger partial charge in [-0.1, -0.05) is 0 Å². The standard InChI is InChI=1S/C10H17N3O3S/c1-3-11-10(16)7(2)12-8(14)4-13-6-17-5-9(13)15/h7H,3-6H2,1-2H3,(H,11,16)(H,12,14). The summed E-state index contributed by atoms with van der Waals surface area (Å²) in [6, 6.07) is -0.576. The molecule has 0 aromatic carbocycles. The van der Waals surface area contributed by atoms with Crippen molar-refractivity contribution in [3.8, 4) is 0 Å². The summed E-state index contributed by atoms with van der Waals surface area (Å²) in [6.07, 6.45) is 0. The highest BCUT2D eigenvalue weighted by molar-refractivity contribution is 8.00. The van der Waals surface area contributed by atoms with E-state index in [0.717, 1.165) is 0 Å². The lowest BCUT2D eigenvalue weighted by atomic mass is 10.3. The molecule has 1 heterocycles. The van der Waals surface area contributed by atoms with Crippen LogP contribution >= 0.6 is 11.8 Å². The quantitative estimate of drug-likeness (QED) is 0.675. The van der Waals surface area contributed by atoms with E-state index in [1.54, 1.807) is 6.92 Å². The molecule has 0 radical (unpaired) electrons. The molecule has 2 N–H and O–H groups in total. The molecule has 17 heavy (non-hydrogen) atoms. The molecule has 7 heteroatoms. The molecule has 0 aromatic rings. The first-order chi connectivity index (χ1) is 8.04. The first-order valence-electron chi connectivity index (χ1n) is 5.47. The topological polar surface area (TPSA) is 78.5 Å². The van der Waals surface area contributed by atoms with E-state index in [-0.39, 0.29) is 24.3 Å². The second kappa shape index (κ2) is 6.48. The highest BCUT2D eigenvalue weighted by Gasteiger charge is 2.24. The highest BCUT2D eigenvalue weighted by Crippen LogP contribution is 2.13. The molecule has 3 amide bonds. The number of hydrogen-bond acceptors (Lipinski definition) is 4. The average Bonchev–Trinajstić information content (AvgIpc) is 2.64. The number of thioether (sulfide) groups is 1. The number of carbonyl (C=O) groups excluding carboxylic acids is 3. The average molecular weight is 259 g/mol. The van der Waals surface area contributed by atoms with Crippen molar-refractivity contribution >= 4 is 29.5 Å². The Bertz CT molecular complexity index is 322. The van der Waals surface area contributed by atoms with Crippen molar-refractivity contribution in [2.45, 2.75) is 19.9 Å². The summed E-state index contributed by atoms with van der Waals surface area (Å²) < 4.78 is 0. The predicted molar refractivity (Wildman–Crippen MR) is 65.3 cm³/mol. The van der Waals surface area contributed by atoms with Gasteiger partial charge in [-0.3, -0.25) is 14.4 Å². The van der Waals surface area contributed by atoms with Crippen LogP contribution in [0.25, 0.3) is 0 Å². The number of nitrogens with one attached hydrogen (secondary N) is 2. The molecule has 6 nitrogen and oxygen atoms in total. The fourth-order valence-corrected chi connectivity index (χ4v) is 2.30. The van der Waals surface area contributed by atoms with Gasteiger partial charge >= 0.3 is 0 Å². The maximum atomic E-state index is 11.6. The molecule has 0 aromatic heterocycles. The number of hydrogen-bond donors (Lipinski definition) is 2. The van der Waals surface area contributed by atoms with E-state index in [0.29, 0.717) is 18.2 Å². The molecule has 1 unspecified atom stereocenters. The summed E-state index contributed by atoms with van der Waals surface area (Å²) in [7, 11) is 0.